The first-order chi connectivity index (χ1) is 10.1. The molecule has 2 aromatic rings. The minimum Gasteiger partial charge on any atom is -0.349 e. The molecule has 1 aliphatic rings. The smallest absolute Gasteiger partial charge is 0.291 e. The van der Waals surface area contributed by atoms with Gasteiger partial charge in [-0.25, -0.2) is 9.50 Å². The molecule has 2 N–H and O–H groups in total. The predicted molar refractivity (Wildman–Crippen MR) is 92.7 cm³/mol. The van der Waals surface area contributed by atoms with Crippen molar-refractivity contribution in [1.82, 2.24) is 30.2 Å². The lowest BCUT2D eigenvalue weighted by Crippen LogP contribution is -2.27. The first kappa shape index (κ1) is 19.6. The van der Waals surface area contributed by atoms with Crippen LogP contribution < -0.4 is 10.6 Å². The highest BCUT2D eigenvalue weighted by molar-refractivity contribution is 5.90. The van der Waals surface area contributed by atoms with E-state index < -0.39 is 0 Å². The van der Waals surface area contributed by atoms with Crippen molar-refractivity contribution in [3.63, 3.8) is 0 Å². The summed E-state index contributed by atoms with van der Waals surface area (Å²) in [6, 6.07) is 1.91. The third kappa shape index (κ3) is 4.53. The second kappa shape index (κ2) is 8.42. The lowest BCUT2D eigenvalue weighted by Gasteiger charge is -2.07. The Labute approximate surface area is 147 Å². The van der Waals surface area contributed by atoms with E-state index in [4.69, 9.17) is 0 Å². The molecular weight excluding hydrogens is 339 g/mol. The molecule has 2 aromatic heterocycles. The number of nitrogens with zero attached hydrogens (tertiary/aromatic N) is 4. The molecule has 0 bridgehead atoms. The highest BCUT2D eigenvalue weighted by Gasteiger charge is 2.17. The summed E-state index contributed by atoms with van der Waals surface area (Å²) in [4.78, 5) is 20.6. The predicted octanol–water partition coefficient (Wildman–Crippen LogP) is 1.31. The fourth-order valence-electron chi connectivity index (χ4n) is 2.69. The molecule has 23 heavy (non-hydrogen) atoms. The van der Waals surface area contributed by atoms with Crippen molar-refractivity contribution in [1.29, 1.82) is 0 Å². The Morgan fingerprint density at radius 1 is 1.39 bits per heavy atom. The average molecular weight is 361 g/mol. The van der Waals surface area contributed by atoms with Gasteiger partial charge in [-0.2, -0.15) is 4.98 Å². The molecular formula is C14H22Cl2N6O. The van der Waals surface area contributed by atoms with E-state index in [0.29, 0.717) is 18.2 Å². The average Bonchev–Trinajstić information content (AvgIpc) is 3.07. The van der Waals surface area contributed by atoms with Gasteiger partial charge < -0.3 is 10.6 Å². The molecule has 0 aliphatic carbocycles. The summed E-state index contributed by atoms with van der Waals surface area (Å²) < 4.78 is 1.60. The van der Waals surface area contributed by atoms with Crippen molar-refractivity contribution in [2.24, 2.45) is 5.92 Å². The van der Waals surface area contributed by atoms with Crippen LogP contribution in [0.2, 0.25) is 0 Å². The molecule has 0 aromatic carbocycles. The summed E-state index contributed by atoms with van der Waals surface area (Å²) in [6.45, 7) is 6.61. The minimum atomic E-state index is -0.233. The Morgan fingerprint density at radius 3 is 2.87 bits per heavy atom. The Balaban J connectivity index is 0.00000132. The molecule has 0 spiro atoms. The van der Waals surface area contributed by atoms with Crippen molar-refractivity contribution in [2.45, 2.75) is 26.7 Å². The van der Waals surface area contributed by atoms with Gasteiger partial charge in [-0.1, -0.05) is 0 Å². The van der Waals surface area contributed by atoms with Gasteiger partial charge in [0.05, 0.1) is 0 Å². The van der Waals surface area contributed by atoms with Crippen molar-refractivity contribution in [3.05, 3.63) is 23.3 Å². The van der Waals surface area contributed by atoms with Gasteiger partial charge in [-0.15, -0.1) is 29.9 Å². The van der Waals surface area contributed by atoms with Crippen LogP contribution in [-0.2, 0) is 0 Å². The summed E-state index contributed by atoms with van der Waals surface area (Å²) in [5, 5.41) is 10.4. The fourth-order valence-corrected chi connectivity index (χ4v) is 2.69. The molecule has 1 atom stereocenters. The molecule has 7 nitrogen and oxygen atoms in total. The summed E-state index contributed by atoms with van der Waals surface area (Å²) in [7, 11) is 0. The fraction of sp³-hybridized carbons (Fsp3) is 0.571. The second-order valence-electron chi connectivity index (χ2n) is 5.59. The normalized spacial score (nSPS) is 16.7. The van der Waals surface area contributed by atoms with Crippen molar-refractivity contribution >= 4 is 36.5 Å². The Hall–Kier alpha value is -1.44. The quantitative estimate of drug-likeness (QED) is 0.858. The van der Waals surface area contributed by atoms with Gasteiger partial charge in [-0.05, 0) is 51.8 Å². The zero-order valence-electron chi connectivity index (χ0n) is 13.2. The van der Waals surface area contributed by atoms with Crippen LogP contribution >= 0.6 is 24.8 Å². The summed E-state index contributed by atoms with van der Waals surface area (Å²) >= 11 is 0. The minimum absolute atomic E-state index is 0. The van der Waals surface area contributed by atoms with Crippen molar-refractivity contribution in [2.75, 3.05) is 19.6 Å². The second-order valence-corrected chi connectivity index (χ2v) is 5.59. The molecule has 0 radical (unpaired) electrons. The number of hydrogen-bond donors (Lipinski definition) is 2. The molecule has 9 heteroatoms. The maximum absolute atomic E-state index is 12.1. The van der Waals surface area contributed by atoms with Crippen LogP contribution in [0.15, 0.2) is 6.07 Å². The number of nitrogens with one attached hydrogen (secondary N) is 2. The van der Waals surface area contributed by atoms with Crippen LogP contribution in [0.25, 0.3) is 5.78 Å². The Bertz CT molecular complexity index is 669. The first-order valence-corrected chi connectivity index (χ1v) is 7.33. The van der Waals surface area contributed by atoms with E-state index in [2.05, 4.69) is 25.7 Å². The molecule has 1 aliphatic heterocycles. The highest BCUT2D eigenvalue weighted by Crippen LogP contribution is 2.11. The molecule has 1 fully saturated rings. The van der Waals surface area contributed by atoms with Crippen LogP contribution in [0, 0.1) is 19.8 Å². The number of halogens is 2. The lowest BCUT2D eigenvalue weighted by molar-refractivity contribution is 0.0941. The topological polar surface area (TPSA) is 84.2 Å². The van der Waals surface area contributed by atoms with Crippen LogP contribution in [0.4, 0.5) is 0 Å². The van der Waals surface area contributed by atoms with E-state index in [0.717, 1.165) is 30.9 Å². The van der Waals surface area contributed by atoms with Gasteiger partial charge in [0.15, 0.2) is 0 Å². The number of aromatic nitrogens is 4. The molecule has 1 saturated heterocycles. The molecule has 0 saturated carbocycles. The zero-order chi connectivity index (χ0) is 14.8. The summed E-state index contributed by atoms with van der Waals surface area (Å²) in [5.41, 5.74) is 1.79. The van der Waals surface area contributed by atoms with E-state index in [1.54, 1.807) is 4.52 Å². The maximum Gasteiger partial charge on any atom is 0.291 e. The standard InChI is InChI=1S/C14H20N6O.2ClH/c1-9-7-10(2)20-14(17-9)18-12(19-20)13(21)16-6-4-11-3-5-15-8-11;;/h7,11,15H,3-6,8H2,1-2H3,(H,16,21);2*1H. The van der Waals surface area contributed by atoms with Crippen LogP contribution in [0.5, 0.6) is 0 Å². The molecule has 3 rings (SSSR count). The number of aryl methyl sites for hydroxylation is 2. The number of carbonyl (C=O) groups excluding carboxylic acids is 1. The first-order valence-electron chi connectivity index (χ1n) is 7.33. The monoisotopic (exact) mass is 360 g/mol. The number of amides is 1. The maximum atomic E-state index is 12.1. The van der Waals surface area contributed by atoms with Crippen LogP contribution in [0.1, 0.15) is 34.8 Å². The van der Waals surface area contributed by atoms with Gasteiger partial charge in [-0.3, -0.25) is 4.79 Å². The van der Waals surface area contributed by atoms with Crippen LogP contribution in [0.3, 0.4) is 0 Å². The summed E-state index contributed by atoms with van der Waals surface area (Å²) in [6.07, 6.45) is 2.17. The van der Waals surface area contributed by atoms with Crippen LogP contribution in [-0.4, -0.2) is 45.1 Å². The van der Waals surface area contributed by atoms with Gasteiger partial charge in [0.2, 0.25) is 5.82 Å². The van der Waals surface area contributed by atoms with Crippen molar-refractivity contribution < 1.29 is 4.79 Å². The SMILES string of the molecule is Cc1cc(C)n2nc(C(=O)NCCC3CCNC3)nc2n1.Cl.Cl. The number of hydrogen-bond acceptors (Lipinski definition) is 5. The third-order valence-corrected chi connectivity index (χ3v) is 3.82. The number of rotatable bonds is 4. The van der Waals surface area contributed by atoms with Crippen molar-refractivity contribution in [3.8, 4) is 0 Å². The highest BCUT2D eigenvalue weighted by atomic mass is 35.5. The molecule has 128 valence electrons. The van der Waals surface area contributed by atoms with Gasteiger partial charge >= 0.3 is 0 Å². The molecule has 3 heterocycles. The van der Waals surface area contributed by atoms with E-state index in [1.165, 1.54) is 6.42 Å². The Morgan fingerprint density at radius 2 is 2.17 bits per heavy atom. The van der Waals surface area contributed by atoms with E-state index in [-0.39, 0.29) is 36.5 Å². The van der Waals surface area contributed by atoms with E-state index >= 15 is 0 Å². The van der Waals surface area contributed by atoms with E-state index in [1.807, 2.05) is 19.9 Å². The molecule has 1 amide bonds. The van der Waals surface area contributed by atoms with Gasteiger partial charge in [0.1, 0.15) is 0 Å². The largest absolute Gasteiger partial charge is 0.349 e. The molecule has 1 unspecified atom stereocenters. The lowest BCUT2D eigenvalue weighted by atomic mass is 10.1. The third-order valence-electron chi connectivity index (χ3n) is 3.82. The van der Waals surface area contributed by atoms with Gasteiger partial charge in [0, 0.05) is 17.9 Å². The number of carbonyl (C=O) groups is 1. The zero-order valence-corrected chi connectivity index (χ0v) is 14.8. The van der Waals surface area contributed by atoms with Gasteiger partial charge in [0.25, 0.3) is 11.7 Å². The Kier molecular flexibility index (Phi) is 7.18. The van der Waals surface area contributed by atoms with E-state index in [9.17, 15) is 4.79 Å². The number of fused-ring (bicyclic) bond motifs is 1. The summed E-state index contributed by atoms with van der Waals surface area (Å²) in [5.74, 6) is 1.08.